The fourth-order valence-corrected chi connectivity index (χ4v) is 12.6. The summed E-state index contributed by atoms with van der Waals surface area (Å²) in [7, 11) is -2.63. The van der Waals surface area contributed by atoms with Gasteiger partial charge < -0.3 is 43.2 Å². The number of carbonyl (C=O) groups excluding carboxylic acids is 1. The lowest BCUT2D eigenvalue weighted by Crippen LogP contribution is -2.67. The highest BCUT2D eigenvalue weighted by atomic mass is 32.2. The van der Waals surface area contributed by atoms with E-state index < -0.39 is 8.32 Å². The second-order valence-electron chi connectivity index (χ2n) is 14.4. The average Bonchev–Trinajstić information content (AvgIpc) is 3.15. The first-order valence-electron chi connectivity index (χ1n) is 19.0. The van der Waals surface area contributed by atoms with E-state index in [1.807, 2.05) is 4.90 Å². The molecule has 3 aliphatic heterocycles. The second-order valence-corrected chi connectivity index (χ2v) is 19.8. The van der Waals surface area contributed by atoms with Crippen LogP contribution in [0.3, 0.4) is 0 Å². The van der Waals surface area contributed by atoms with Gasteiger partial charge in [0.05, 0.1) is 84.5 Å². The first kappa shape index (κ1) is 40.7. The first-order valence-corrected chi connectivity index (χ1v) is 22.0. The highest BCUT2D eigenvalue weighted by Crippen LogP contribution is 2.37. The molecule has 2 saturated heterocycles. The molecule has 0 aromatic heterocycles. The number of ether oxygens (including phenoxy) is 5. The Hall–Kier alpha value is -2.49. The van der Waals surface area contributed by atoms with E-state index in [-0.39, 0.29) is 23.0 Å². The molecule has 2 aromatic rings. The summed E-state index contributed by atoms with van der Waals surface area (Å²) in [5.74, 6) is 2.31. The molecule has 5 rings (SSSR count). The van der Waals surface area contributed by atoms with Crippen molar-refractivity contribution in [2.75, 3.05) is 110 Å². The van der Waals surface area contributed by atoms with E-state index in [1.165, 1.54) is 10.4 Å². The summed E-state index contributed by atoms with van der Waals surface area (Å²) < 4.78 is 35.3. The number of aliphatic imine (C=N–C) groups is 1. The molecule has 0 unspecified atom stereocenters. The Morgan fingerprint density at radius 1 is 0.769 bits per heavy atom. The second kappa shape index (κ2) is 21.4. The Kier molecular flexibility index (Phi) is 16.8. The Morgan fingerprint density at radius 3 is 1.79 bits per heavy atom. The summed E-state index contributed by atoms with van der Waals surface area (Å²) in [6.45, 7) is 15.5. The molecule has 52 heavy (non-hydrogen) atoms. The lowest BCUT2D eigenvalue weighted by molar-refractivity contribution is -0.130. The van der Waals surface area contributed by atoms with Crippen LogP contribution in [0.2, 0.25) is 5.04 Å². The molecule has 0 bridgehead atoms. The van der Waals surface area contributed by atoms with Gasteiger partial charge in [-0.05, 0) is 28.3 Å². The Balaban J connectivity index is 1.13. The molecule has 0 radical (unpaired) electrons. The third-order valence-corrected chi connectivity index (χ3v) is 15.8. The Labute approximate surface area is 316 Å². The van der Waals surface area contributed by atoms with Crippen molar-refractivity contribution in [1.82, 2.24) is 15.1 Å². The van der Waals surface area contributed by atoms with Crippen LogP contribution >= 0.6 is 11.8 Å². The zero-order valence-electron chi connectivity index (χ0n) is 31.5. The van der Waals surface area contributed by atoms with Crippen LogP contribution in [-0.4, -0.2) is 152 Å². The summed E-state index contributed by atoms with van der Waals surface area (Å²) in [6, 6.07) is 22.0. The minimum absolute atomic E-state index is 0.0764. The maximum atomic E-state index is 13.3. The monoisotopic (exact) mass is 756 g/mol. The summed E-state index contributed by atoms with van der Waals surface area (Å²) in [4.78, 5) is 22.8. The van der Waals surface area contributed by atoms with Crippen molar-refractivity contribution >= 4 is 42.3 Å². The van der Waals surface area contributed by atoms with E-state index in [4.69, 9.17) is 33.1 Å². The molecule has 3 aliphatic rings. The SMILES string of the molecule is CC(C)(C)[Si](OC[C@@H]1CCN2CC[C@@H](CSCC(=O)N3CCOCCOCCOCCOCCOCC3)NC2=N1)(c1ccccc1)c1ccccc1. The third-order valence-electron chi connectivity index (χ3n) is 9.72. The summed E-state index contributed by atoms with van der Waals surface area (Å²) in [5.41, 5.74) is 0. The standard InChI is InChI=1S/C39H60N4O7SSi/c1-39(2,3)52(35-10-6-4-7-11-35,36-12-8-5-9-13-36)50-30-33-14-16-43-17-15-34(41-38(43)40-33)31-51-32-37(44)42-18-20-45-22-24-47-26-28-49-29-27-48-25-23-46-21-19-42/h4-13,33-34H,14-32H2,1-3H3,(H,40,41)/t33-,34-/m0/s1. The van der Waals surface area contributed by atoms with E-state index in [2.05, 4.69) is 91.7 Å². The molecule has 13 heteroatoms. The fraction of sp³-hybridized carbons (Fsp3) is 0.641. The number of benzene rings is 2. The summed E-state index contributed by atoms with van der Waals surface area (Å²) >= 11 is 1.68. The van der Waals surface area contributed by atoms with Gasteiger partial charge in [0.25, 0.3) is 8.32 Å². The minimum atomic E-state index is -2.63. The highest BCUT2D eigenvalue weighted by molar-refractivity contribution is 8.00. The Morgan fingerprint density at radius 2 is 1.27 bits per heavy atom. The molecule has 0 aliphatic carbocycles. The van der Waals surface area contributed by atoms with E-state index in [0.29, 0.717) is 91.5 Å². The van der Waals surface area contributed by atoms with Gasteiger partial charge >= 0.3 is 0 Å². The number of amides is 1. The fourth-order valence-electron chi connectivity index (χ4n) is 6.94. The van der Waals surface area contributed by atoms with Crippen molar-refractivity contribution < 1.29 is 32.9 Å². The van der Waals surface area contributed by atoms with Crippen molar-refractivity contribution in [3.63, 3.8) is 0 Å². The molecule has 1 amide bonds. The lowest BCUT2D eigenvalue weighted by atomic mass is 10.1. The number of rotatable bonds is 9. The van der Waals surface area contributed by atoms with Gasteiger partial charge in [0.2, 0.25) is 5.91 Å². The van der Waals surface area contributed by atoms with E-state index in [9.17, 15) is 4.79 Å². The normalized spacial score (nSPS) is 22.3. The molecule has 11 nitrogen and oxygen atoms in total. The van der Waals surface area contributed by atoms with Crippen LogP contribution in [0.15, 0.2) is 65.7 Å². The Bertz CT molecular complexity index is 1300. The van der Waals surface area contributed by atoms with E-state index in [1.54, 1.807) is 11.8 Å². The number of nitrogens with one attached hydrogen (secondary N) is 1. The predicted octanol–water partition coefficient (Wildman–Crippen LogP) is 3.01. The van der Waals surface area contributed by atoms with Gasteiger partial charge in [-0.15, -0.1) is 11.8 Å². The van der Waals surface area contributed by atoms with Crippen molar-refractivity contribution in [3.05, 3.63) is 60.7 Å². The topological polar surface area (TPSA) is 103 Å². The lowest BCUT2D eigenvalue weighted by Gasteiger charge is -2.44. The molecule has 0 spiro atoms. The molecule has 1 N–H and O–H groups in total. The molecular weight excluding hydrogens is 697 g/mol. The zero-order chi connectivity index (χ0) is 36.5. The van der Waals surface area contributed by atoms with Gasteiger partial charge in [-0.25, -0.2) is 4.99 Å². The number of thioether (sulfide) groups is 1. The molecule has 3 heterocycles. The van der Waals surface area contributed by atoms with Crippen LogP contribution in [0.1, 0.15) is 33.6 Å². The van der Waals surface area contributed by atoms with E-state index in [0.717, 1.165) is 37.6 Å². The first-order chi connectivity index (χ1) is 25.4. The van der Waals surface area contributed by atoms with Gasteiger partial charge in [-0.2, -0.15) is 0 Å². The molecule has 288 valence electrons. The summed E-state index contributed by atoms with van der Waals surface area (Å²) in [5, 5.41) is 6.22. The zero-order valence-corrected chi connectivity index (χ0v) is 33.3. The molecule has 2 atom stereocenters. The molecular formula is C39H60N4O7SSi. The van der Waals surface area contributed by atoms with Crippen LogP contribution in [0.25, 0.3) is 0 Å². The van der Waals surface area contributed by atoms with Crippen molar-refractivity contribution in [3.8, 4) is 0 Å². The van der Waals surface area contributed by atoms with Gasteiger partial charge in [0.1, 0.15) is 0 Å². The number of hydrogen-bond acceptors (Lipinski definition) is 11. The van der Waals surface area contributed by atoms with Crippen LogP contribution in [0, 0.1) is 0 Å². The van der Waals surface area contributed by atoms with Gasteiger partial charge in [0, 0.05) is 38.0 Å². The maximum absolute atomic E-state index is 13.3. The number of fused-ring (bicyclic) bond motifs is 1. The molecule has 0 saturated carbocycles. The van der Waals surface area contributed by atoms with Gasteiger partial charge in [0.15, 0.2) is 5.96 Å². The average molecular weight is 757 g/mol. The van der Waals surface area contributed by atoms with Crippen LogP contribution in [0.4, 0.5) is 0 Å². The molecule has 2 fully saturated rings. The number of nitrogens with zero attached hydrogens (tertiary/aromatic N) is 3. The third kappa shape index (κ3) is 12.0. The van der Waals surface area contributed by atoms with Gasteiger partial charge in [-0.1, -0.05) is 81.4 Å². The predicted molar refractivity (Wildman–Crippen MR) is 211 cm³/mol. The quantitative estimate of drug-likeness (QED) is 0.385. The van der Waals surface area contributed by atoms with Crippen LogP contribution in [0.5, 0.6) is 0 Å². The van der Waals surface area contributed by atoms with Gasteiger partial charge in [-0.3, -0.25) is 4.79 Å². The number of carbonyl (C=O) groups is 1. The van der Waals surface area contributed by atoms with Crippen LogP contribution in [-0.2, 0) is 32.9 Å². The van der Waals surface area contributed by atoms with Crippen molar-refractivity contribution in [2.45, 2.75) is 50.7 Å². The van der Waals surface area contributed by atoms with Crippen molar-refractivity contribution in [2.24, 2.45) is 4.99 Å². The van der Waals surface area contributed by atoms with Crippen molar-refractivity contribution in [1.29, 1.82) is 0 Å². The minimum Gasteiger partial charge on any atom is -0.405 e. The van der Waals surface area contributed by atoms with Crippen LogP contribution < -0.4 is 15.7 Å². The number of hydrogen-bond donors (Lipinski definition) is 1. The number of guanidine groups is 1. The van der Waals surface area contributed by atoms with E-state index >= 15 is 0 Å². The highest BCUT2D eigenvalue weighted by Gasteiger charge is 2.50. The summed E-state index contributed by atoms with van der Waals surface area (Å²) in [6.07, 6.45) is 1.99. The molecule has 2 aromatic carbocycles. The smallest absolute Gasteiger partial charge is 0.261 e. The maximum Gasteiger partial charge on any atom is 0.261 e. The largest absolute Gasteiger partial charge is 0.405 e.